The van der Waals surface area contributed by atoms with Gasteiger partial charge in [-0.1, -0.05) is 15.9 Å². The molecule has 1 aliphatic rings. The molecule has 0 heterocycles. The van der Waals surface area contributed by atoms with E-state index in [-0.39, 0.29) is 18.1 Å². The van der Waals surface area contributed by atoms with Crippen LogP contribution in [0.3, 0.4) is 0 Å². The van der Waals surface area contributed by atoms with E-state index in [9.17, 15) is 9.90 Å². The maximum atomic E-state index is 12.1. The summed E-state index contributed by atoms with van der Waals surface area (Å²) in [5.41, 5.74) is 6.77. The van der Waals surface area contributed by atoms with E-state index in [2.05, 4.69) is 21.2 Å². The predicted molar refractivity (Wildman–Crippen MR) is 74.3 cm³/mol. The third kappa shape index (κ3) is 3.23. The van der Waals surface area contributed by atoms with Crippen molar-refractivity contribution in [3.63, 3.8) is 0 Å². The van der Waals surface area contributed by atoms with Crippen molar-refractivity contribution in [3.05, 3.63) is 28.2 Å². The second-order valence-electron chi connectivity index (χ2n) is 4.71. The SMILES string of the molecule is Nc1ccc(Br)cc1C(=O)NC1CCC(O)CC1. The van der Waals surface area contributed by atoms with E-state index in [4.69, 9.17) is 5.73 Å². The minimum absolute atomic E-state index is 0.138. The molecule has 0 aromatic heterocycles. The van der Waals surface area contributed by atoms with Crippen molar-refractivity contribution in [3.8, 4) is 0 Å². The van der Waals surface area contributed by atoms with Crippen LogP contribution in [0.15, 0.2) is 22.7 Å². The summed E-state index contributed by atoms with van der Waals surface area (Å²) in [6, 6.07) is 5.38. The van der Waals surface area contributed by atoms with Gasteiger partial charge in [0.1, 0.15) is 0 Å². The maximum absolute atomic E-state index is 12.1. The molecule has 5 heteroatoms. The molecule has 0 unspecified atom stereocenters. The van der Waals surface area contributed by atoms with Crippen molar-refractivity contribution in [2.75, 3.05) is 5.73 Å². The molecule has 0 atom stereocenters. The van der Waals surface area contributed by atoms with Crippen LogP contribution in [0, 0.1) is 0 Å². The van der Waals surface area contributed by atoms with Gasteiger partial charge in [-0.05, 0) is 43.9 Å². The van der Waals surface area contributed by atoms with E-state index in [1.165, 1.54) is 0 Å². The Morgan fingerprint density at radius 1 is 1.33 bits per heavy atom. The average Bonchev–Trinajstić information content (AvgIpc) is 2.35. The van der Waals surface area contributed by atoms with Crippen LogP contribution >= 0.6 is 15.9 Å². The van der Waals surface area contributed by atoms with Crippen LogP contribution in [-0.4, -0.2) is 23.2 Å². The number of rotatable bonds is 2. The fourth-order valence-corrected chi connectivity index (χ4v) is 2.57. The summed E-state index contributed by atoms with van der Waals surface area (Å²) in [5, 5.41) is 12.4. The molecule has 0 bridgehead atoms. The van der Waals surface area contributed by atoms with E-state index >= 15 is 0 Å². The number of aliphatic hydroxyl groups excluding tert-OH is 1. The van der Waals surface area contributed by atoms with Gasteiger partial charge < -0.3 is 16.2 Å². The normalized spacial score (nSPS) is 23.7. The monoisotopic (exact) mass is 312 g/mol. The van der Waals surface area contributed by atoms with Crippen LogP contribution < -0.4 is 11.1 Å². The number of hydrogen-bond donors (Lipinski definition) is 3. The van der Waals surface area contributed by atoms with Gasteiger partial charge in [0.05, 0.1) is 11.7 Å². The zero-order chi connectivity index (χ0) is 13.1. The Morgan fingerprint density at radius 3 is 2.67 bits per heavy atom. The first-order chi connectivity index (χ1) is 8.56. The Bertz CT molecular complexity index is 443. The summed E-state index contributed by atoms with van der Waals surface area (Å²) >= 11 is 3.33. The van der Waals surface area contributed by atoms with Gasteiger partial charge in [-0.3, -0.25) is 4.79 Å². The van der Waals surface area contributed by atoms with Gasteiger partial charge in [-0.15, -0.1) is 0 Å². The molecular weight excluding hydrogens is 296 g/mol. The lowest BCUT2D eigenvalue weighted by atomic mass is 9.93. The molecule has 2 rings (SSSR count). The molecular formula is C13H17BrN2O2. The fourth-order valence-electron chi connectivity index (χ4n) is 2.21. The number of carbonyl (C=O) groups excluding carboxylic acids is 1. The standard InChI is InChI=1S/C13H17BrN2O2/c14-8-1-6-12(15)11(7-8)13(18)16-9-2-4-10(17)5-3-9/h1,6-7,9-10,17H,2-5,15H2,(H,16,18). The van der Waals surface area contributed by atoms with Crippen LogP contribution in [0.2, 0.25) is 0 Å². The second-order valence-corrected chi connectivity index (χ2v) is 5.63. The molecule has 1 aromatic rings. The Hall–Kier alpha value is -1.07. The Labute approximate surface area is 115 Å². The summed E-state index contributed by atoms with van der Waals surface area (Å²) in [6.07, 6.45) is 2.92. The average molecular weight is 313 g/mol. The summed E-state index contributed by atoms with van der Waals surface area (Å²) in [6.45, 7) is 0. The highest BCUT2D eigenvalue weighted by Crippen LogP contribution is 2.21. The Balaban J connectivity index is 2.01. The Morgan fingerprint density at radius 2 is 2.00 bits per heavy atom. The largest absolute Gasteiger partial charge is 0.398 e. The van der Waals surface area contributed by atoms with E-state index in [0.717, 1.165) is 30.2 Å². The molecule has 98 valence electrons. The Kier molecular flexibility index (Phi) is 4.24. The van der Waals surface area contributed by atoms with E-state index in [0.29, 0.717) is 11.3 Å². The van der Waals surface area contributed by atoms with Gasteiger partial charge in [0.2, 0.25) is 0 Å². The molecule has 1 aliphatic carbocycles. The van der Waals surface area contributed by atoms with Crippen LogP contribution in [0.25, 0.3) is 0 Å². The highest BCUT2D eigenvalue weighted by molar-refractivity contribution is 9.10. The molecule has 4 nitrogen and oxygen atoms in total. The lowest BCUT2D eigenvalue weighted by Crippen LogP contribution is -2.38. The highest BCUT2D eigenvalue weighted by Gasteiger charge is 2.21. The molecule has 0 spiro atoms. The van der Waals surface area contributed by atoms with Crippen molar-refractivity contribution >= 4 is 27.5 Å². The number of aliphatic hydroxyl groups is 1. The summed E-state index contributed by atoms with van der Waals surface area (Å²) in [5.74, 6) is -0.143. The zero-order valence-corrected chi connectivity index (χ0v) is 11.6. The first-order valence-corrected chi connectivity index (χ1v) is 6.89. The van der Waals surface area contributed by atoms with Crippen molar-refractivity contribution in [2.24, 2.45) is 0 Å². The third-order valence-corrected chi connectivity index (χ3v) is 3.79. The zero-order valence-electron chi connectivity index (χ0n) is 10.0. The number of nitrogens with two attached hydrogens (primary N) is 1. The first kappa shape index (κ1) is 13.4. The lowest BCUT2D eigenvalue weighted by Gasteiger charge is -2.26. The molecule has 1 fully saturated rings. The number of hydrogen-bond acceptors (Lipinski definition) is 3. The van der Waals surface area contributed by atoms with Gasteiger partial charge in [0.15, 0.2) is 0 Å². The lowest BCUT2D eigenvalue weighted by molar-refractivity contribution is 0.0868. The van der Waals surface area contributed by atoms with E-state index < -0.39 is 0 Å². The quantitative estimate of drug-likeness (QED) is 0.732. The molecule has 0 aliphatic heterocycles. The second kappa shape index (κ2) is 5.71. The smallest absolute Gasteiger partial charge is 0.253 e. The number of amides is 1. The topological polar surface area (TPSA) is 75.4 Å². The number of nitrogens with one attached hydrogen (secondary N) is 1. The summed E-state index contributed by atoms with van der Waals surface area (Å²) < 4.78 is 0.834. The molecule has 0 saturated heterocycles. The molecule has 4 N–H and O–H groups in total. The van der Waals surface area contributed by atoms with Gasteiger partial charge in [0, 0.05) is 16.2 Å². The molecule has 0 radical (unpaired) electrons. The van der Waals surface area contributed by atoms with Gasteiger partial charge >= 0.3 is 0 Å². The van der Waals surface area contributed by atoms with Crippen LogP contribution in [-0.2, 0) is 0 Å². The number of nitrogen functional groups attached to an aromatic ring is 1. The summed E-state index contributed by atoms with van der Waals surface area (Å²) in [4.78, 5) is 12.1. The number of anilines is 1. The fraction of sp³-hybridized carbons (Fsp3) is 0.462. The molecule has 1 aromatic carbocycles. The van der Waals surface area contributed by atoms with Gasteiger partial charge in [-0.25, -0.2) is 0 Å². The van der Waals surface area contributed by atoms with Crippen LogP contribution in [0.5, 0.6) is 0 Å². The molecule has 1 saturated carbocycles. The minimum Gasteiger partial charge on any atom is -0.398 e. The highest BCUT2D eigenvalue weighted by atomic mass is 79.9. The first-order valence-electron chi connectivity index (χ1n) is 6.10. The van der Waals surface area contributed by atoms with Crippen molar-refractivity contribution in [1.29, 1.82) is 0 Å². The third-order valence-electron chi connectivity index (χ3n) is 3.29. The van der Waals surface area contributed by atoms with E-state index in [1.807, 2.05) is 6.07 Å². The number of halogens is 1. The van der Waals surface area contributed by atoms with Crippen molar-refractivity contribution in [2.45, 2.75) is 37.8 Å². The van der Waals surface area contributed by atoms with Crippen LogP contribution in [0.4, 0.5) is 5.69 Å². The maximum Gasteiger partial charge on any atom is 0.253 e. The van der Waals surface area contributed by atoms with E-state index in [1.54, 1.807) is 12.1 Å². The van der Waals surface area contributed by atoms with Crippen molar-refractivity contribution in [1.82, 2.24) is 5.32 Å². The van der Waals surface area contributed by atoms with Gasteiger partial charge in [-0.2, -0.15) is 0 Å². The van der Waals surface area contributed by atoms with Gasteiger partial charge in [0.25, 0.3) is 5.91 Å². The molecule has 18 heavy (non-hydrogen) atoms. The predicted octanol–water partition coefficient (Wildman–Crippen LogP) is 2.06. The minimum atomic E-state index is -0.214. The molecule has 1 amide bonds. The number of carbonyl (C=O) groups is 1. The number of benzene rings is 1. The summed E-state index contributed by atoms with van der Waals surface area (Å²) in [7, 11) is 0. The van der Waals surface area contributed by atoms with Crippen molar-refractivity contribution < 1.29 is 9.90 Å². The van der Waals surface area contributed by atoms with Crippen LogP contribution in [0.1, 0.15) is 36.0 Å².